The Labute approximate surface area is 203 Å². The van der Waals surface area contributed by atoms with Crippen molar-refractivity contribution in [2.24, 2.45) is 5.92 Å². The van der Waals surface area contributed by atoms with E-state index in [1.54, 1.807) is 29.2 Å². The number of nitrogens with zero attached hydrogens (tertiary/aromatic N) is 3. The summed E-state index contributed by atoms with van der Waals surface area (Å²) >= 11 is 0. The predicted octanol–water partition coefficient (Wildman–Crippen LogP) is 3.45. The van der Waals surface area contributed by atoms with Gasteiger partial charge in [-0.2, -0.15) is 4.98 Å². The zero-order valence-corrected chi connectivity index (χ0v) is 20.0. The van der Waals surface area contributed by atoms with Gasteiger partial charge in [0.1, 0.15) is 6.04 Å². The van der Waals surface area contributed by atoms with Crippen LogP contribution in [0.4, 0.5) is 5.69 Å². The second-order valence-electron chi connectivity index (χ2n) is 9.01. The molecule has 2 aromatic heterocycles. The molecule has 0 unspecified atom stereocenters. The number of hydrogen-bond acceptors (Lipinski definition) is 7. The summed E-state index contributed by atoms with van der Waals surface area (Å²) in [6.45, 7) is 6.28. The molecule has 10 heteroatoms. The number of carbonyl (C=O) groups is 3. The maximum atomic E-state index is 13.3. The minimum absolute atomic E-state index is 0.0961. The number of likely N-dealkylation sites (tertiary alicyclic amines) is 1. The molecule has 1 aliphatic rings. The summed E-state index contributed by atoms with van der Waals surface area (Å²) in [5, 5.41) is 9.64. The molecular weight excluding hydrogens is 450 g/mol. The van der Waals surface area contributed by atoms with Gasteiger partial charge in [-0.25, -0.2) is 0 Å². The third-order valence-corrected chi connectivity index (χ3v) is 5.95. The predicted molar refractivity (Wildman–Crippen MR) is 127 cm³/mol. The van der Waals surface area contributed by atoms with E-state index in [1.165, 1.54) is 13.2 Å². The molecular formula is C25H29N5O5. The number of rotatable bonds is 7. The van der Waals surface area contributed by atoms with Gasteiger partial charge in [-0.3, -0.25) is 14.4 Å². The highest BCUT2D eigenvalue weighted by Crippen LogP contribution is 2.28. The molecule has 0 aliphatic carbocycles. The second-order valence-corrected chi connectivity index (χ2v) is 9.01. The first-order chi connectivity index (χ1) is 16.8. The van der Waals surface area contributed by atoms with E-state index >= 15 is 0 Å². The number of nitrogens with one attached hydrogen (secondary N) is 2. The van der Waals surface area contributed by atoms with Gasteiger partial charge in [-0.15, -0.1) is 0 Å². The van der Waals surface area contributed by atoms with E-state index in [1.807, 2.05) is 26.0 Å². The molecule has 3 heterocycles. The molecule has 1 aromatic carbocycles. The van der Waals surface area contributed by atoms with Gasteiger partial charge in [-0.1, -0.05) is 19.0 Å². The number of benzene rings is 1. The summed E-state index contributed by atoms with van der Waals surface area (Å²) in [4.78, 5) is 43.3. The quantitative estimate of drug-likeness (QED) is 0.531. The van der Waals surface area contributed by atoms with Crippen LogP contribution in [0.1, 0.15) is 56.0 Å². The van der Waals surface area contributed by atoms with Crippen LogP contribution in [0, 0.1) is 5.92 Å². The molecule has 10 nitrogen and oxygen atoms in total. The molecule has 35 heavy (non-hydrogen) atoms. The Morgan fingerprint density at radius 1 is 1.14 bits per heavy atom. The average Bonchev–Trinajstić information content (AvgIpc) is 3.55. The first-order valence-corrected chi connectivity index (χ1v) is 11.7. The van der Waals surface area contributed by atoms with E-state index in [2.05, 4.69) is 20.8 Å². The lowest BCUT2D eigenvalue weighted by atomic mass is 9.95. The zero-order chi connectivity index (χ0) is 24.9. The van der Waals surface area contributed by atoms with Crippen molar-refractivity contribution in [1.29, 1.82) is 0 Å². The van der Waals surface area contributed by atoms with Gasteiger partial charge in [0.15, 0.2) is 5.76 Å². The van der Waals surface area contributed by atoms with Crippen molar-refractivity contribution >= 4 is 23.4 Å². The van der Waals surface area contributed by atoms with Gasteiger partial charge >= 0.3 is 0 Å². The van der Waals surface area contributed by atoms with Crippen LogP contribution >= 0.6 is 0 Å². The summed E-state index contributed by atoms with van der Waals surface area (Å²) in [5.74, 6) is 0.200. The maximum Gasteiger partial charge on any atom is 0.287 e. The van der Waals surface area contributed by atoms with E-state index in [0.717, 1.165) is 18.4 Å². The van der Waals surface area contributed by atoms with Crippen LogP contribution in [0.15, 0.2) is 51.6 Å². The van der Waals surface area contributed by atoms with Crippen molar-refractivity contribution in [1.82, 2.24) is 20.4 Å². The Kier molecular flexibility index (Phi) is 7.28. The van der Waals surface area contributed by atoms with Crippen molar-refractivity contribution in [2.75, 3.05) is 18.4 Å². The van der Waals surface area contributed by atoms with E-state index in [0.29, 0.717) is 30.5 Å². The molecule has 3 aromatic rings. The summed E-state index contributed by atoms with van der Waals surface area (Å²) in [5.41, 5.74) is 1.45. The monoisotopic (exact) mass is 479 g/mol. The van der Waals surface area contributed by atoms with Gasteiger partial charge < -0.3 is 24.5 Å². The number of carbonyl (C=O) groups excluding carboxylic acids is 3. The van der Waals surface area contributed by atoms with Crippen molar-refractivity contribution < 1.29 is 23.3 Å². The number of hydrogen-bond donors (Lipinski definition) is 2. The Balaban J connectivity index is 1.43. The molecule has 2 N–H and O–H groups in total. The van der Waals surface area contributed by atoms with Crippen LogP contribution in [0.3, 0.4) is 0 Å². The van der Waals surface area contributed by atoms with Crippen molar-refractivity contribution in [3.63, 3.8) is 0 Å². The standard InChI is InChI=1S/C25H29N5O5/c1-15(2)21(27-23(32)20-7-5-13-34-20)25(33)30-12-4-6-18(14-30)24-28-22(29-35-24)17-8-10-19(11-9-17)26-16(3)31/h5,7-11,13,15,18,21H,4,6,12,14H2,1-3H3,(H,26,31)(H,27,32)/t18-,21+/m1/s1. The number of amides is 3. The van der Waals surface area contributed by atoms with Gasteiger partial charge in [0.2, 0.25) is 23.5 Å². The smallest absolute Gasteiger partial charge is 0.287 e. The van der Waals surface area contributed by atoms with Crippen LogP contribution < -0.4 is 10.6 Å². The summed E-state index contributed by atoms with van der Waals surface area (Å²) < 4.78 is 10.7. The Hall–Kier alpha value is -3.95. The fourth-order valence-electron chi connectivity index (χ4n) is 4.13. The van der Waals surface area contributed by atoms with Crippen molar-refractivity contribution in [3.05, 3.63) is 54.3 Å². The summed E-state index contributed by atoms with van der Waals surface area (Å²) in [7, 11) is 0. The zero-order valence-electron chi connectivity index (χ0n) is 20.0. The van der Waals surface area contributed by atoms with E-state index in [-0.39, 0.29) is 29.4 Å². The molecule has 1 saturated heterocycles. The largest absolute Gasteiger partial charge is 0.459 e. The SMILES string of the molecule is CC(=O)Nc1ccc(-c2noc([C@@H]3CCCN(C(=O)[C@@H](NC(=O)c4ccco4)C(C)C)C3)n2)cc1. The Bertz CT molecular complexity index is 1170. The van der Waals surface area contributed by atoms with E-state index in [9.17, 15) is 14.4 Å². The van der Waals surface area contributed by atoms with Crippen LogP contribution in [0.25, 0.3) is 11.4 Å². The molecule has 0 bridgehead atoms. The topological polar surface area (TPSA) is 131 Å². The molecule has 1 fully saturated rings. The van der Waals surface area contributed by atoms with Gasteiger partial charge in [0, 0.05) is 31.3 Å². The Morgan fingerprint density at radius 3 is 2.57 bits per heavy atom. The lowest BCUT2D eigenvalue weighted by Gasteiger charge is -2.34. The number of aromatic nitrogens is 2. The van der Waals surface area contributed by atoms with E-state index < -0.39 is 11.9 Å². The molecule has 1 aliphatic heterocycles. The van der Waals surface area contributed by atoms with Crippen molar-refractivity contribution in [2.45, 2.75) is 45.6 Å². The molecule has 0 radical (unpaired) electrons. The van der Waals surface area contributed by atoms with Crippen LogP contribution in [-0.4, -0.2) is 51.9 Å². The van der Waals surface area contributed by atoms with Crippen LogP contribution in [0.5, 0.6) is 0 Å². The minimum atomic E-state index is -0.674. The molecule has 0 spiro atoms. The maximum absolute atomic E-state index is 13.3. The fraction of sp³-hybridized carbons (Fsp3) is 0.400. The highest BCUT2D eigenvalue weighted by Gasteiger charge is 2.34. The fourth-order valence-corrected chi connectivity index (χ4v) is 4.13. The molecule has 184 valence electrons. The van der Waals surface area contributed by atoms with Gasteiger partial charge in [0.05, 0.1) is 12.2 Å². The first kappa shape index (κ1) is 24.2. The molecule has 3 amide bonds. The summed E-state index contributed by atoms with van der Waals surface area (Å²) in [6.07, 6.45) is 3.03. The van der Waals surface area contributed by atoms with Gasteiger partial charge in [0.25, 0.3) is 5.91 Å². The van der Waals surface area contributed by atoms with Crippen molar-refractivity contribution in [3.8, 4) is 11.4 Å². The highest BCUT2D eigenvalue weighted by molar-refractivity contribution is 5.95. The normalized spacial score (nSPS) is 16.7. The lowest BCUT2D eigenvalue weighted by molar-refractivity contribution is -0.135. The summed E-state index contributed by atoms with van der Waals surface area (Å²) in [6, 6.07) is 9.69. The number of anilines is 1. The van der Waals surface area contributed by atoms with E-state index in [4.69, 9.17) is 8.94 Å². The van der Waals surface area contributed by atoms with Crippen LogP contribution in [-0.2, 0) is 9.59 Å². The van der Waals surface area contributed by atoms with Gasteiger partial charge in [-0.05, 0) is 55.2 Å². The van der Waals surface area contributed by atoms with Crippen LogP contribution in [0.2, 0.25) is 0 Å². The third-order valence-electron chi connectivity index (χ3n) is 5.95. The first-order valence-electron chi connectivity index (χ1n) is 11.7. The molecule has 0 saturated carbocycles. The minimum Gasteiger partial charge on any atom is -0.459 e. The number of furan rings is 1. The molecule has 2 atom stereocenters. The Morgan fingerprint density at radius 2 is 1.91 bits per heavy atom. The lowest BCUT2D eigenvalue weighted by Crippen LogP contribution is -2.53. The highest BCUT2D eigenvalue weighted by atomic mass is 16.5. The third kappa shape index (κ3) is 5.76. The molecule has 4 rings (SSSR count). The average molecular weight is 480 g/mol. The number of piperidine rings is 1. The second kappa shape index (κ2) is 10.5.